The molecule has 202 valence electrons. The van der Waals surface area contributed by atoms with E-state index < -0.39 is 0 Å². The lowest BCUT2D eigenvalue weighted by Crippen LogP contribution is -2.32. The number of anilines is 2. The van der Waals surface area contributed by atoms with E-state index in [-0.39, 0.29) is 22.9 Å². The van der Waals surface area contributed by atoms with Crippen LogP contribution in [-0.4, -0.2) is 35.9 Å². The highest BCUT2D eigenvalue weighted by atomic mass is 35.5. The molecule has 0 saturated carbocycles. The van der Waals surface area contributed by atoms with Crippen LogP contribution in [0.3, 0.4) is 0 Å². The molecule has 4 aromatic rings. The number of amides is 2. The van der Waals surface area contributed by atoms with Crippen molar-refractivity contribution in [1.29, 1.82) is 0 Å². The van der Waals surface area contributed by atoms with Gasteiger partial charge >= 0.3 is 5.97 Å². The van der Waals surface area contributed by atoms with Gasteiger partial charge in [-0.05, 0) is 86.2 Å². The summed E-state index contributed by atoms with van der Waals surface area (Å²) in [4.78, 5) is 46.7. The summed E-state index contributed by atoms with van der Waals surface area (Å²) in [7, 11) is 0. The molecule has 1 aliphatic carbocycles. The number of ether oxygens (including phenoxy) is 1. The zero-order chi connectivity index (χ0) is 27.8. The summed E-state index contributed by atoms with van der Waals surface area (Å²) in [5.41, 5.74) is 6.17. The van der Waals surface area contributed by atoms with E-state index in [1.807, 2.05) is 36.4 Å². The van der Waals surface area contributed by atoms with Crippen molar-refractivity contribution in [2.24, 2.45) is 0 Å². The summed E-state index contributed by atoms with van der Waals surface area (Å²) in [6, 6.07) is 18.3. The Balaban J connectivity index is 1.22. The number of carbonyl (C=O) groups is 3. The van der Waals surface area contributed by atoms with Crippen molar-refractivity contribution in [2.45, 2.75) is 32.6 Å². The third-order valence-electron chi connectivity index (χ3n) is 7.21. The van der Waals surface area contributed by atoms with Crippen molar-refractivity contribution < 1.29 is 19.1 Å². The molecule has 0 radical (unpaired) electrons. The molecule has 7 nitrogen and oxygen atoms in total. The largest absolute Gasteiger partial charge is 0.462 e. The quantitative estimate of drug-likeness (QED) is 0.216. The maximum absolute atomic E-state index is 13.7. The van der Waals surface area contributed by atoms with E-state index in [0.29, 0.717) is 41.3 Å². The molecular weight excluding hydrogens is 546 g/mol. The molecule has 0 bridgehead atoms. The van der Waals surface area contributed by atoms with Crippen LogP contribution in [-0.2, 0) is 24.0 Å². The van der Waals surface area contributed by atoms with Gasteiger partial charge in [0.25, 0.3) is 11.8 Å². The molecule has 9 heteroatoms. The smallest absolute Gasteiger partial charge is 0.348 e. The zero-order valence-electron chi connectivity index (χ0n) is 21.8. The highest BCUT2D eigenvalue weighted by Crippen LogP contribution is 2.42. The molecule has 40 heavy (non-hydrogen) atoms. The van der Waals surface area contributed by atoms with Crippen molar-refractivity contribution in [3.8, 4) is 10.4 Å². The Bertz CT molecular complexity index is 1650. The first-order valence-electron chi connectivity index (χ1n) is 13.2. The second-order valence-electron chi connectivity index (χ2n) is 9.73. The minimum Gasteiger partial charge on any atom is -0.462 e. The lowest BCUT2D eigenvalue weighted by atomic mass is 10.1. The fraction of sp³-hybridized carbons (Fsp3) is 0.226. The summed E-state index contributed by atoms with van der Waals surface area (Å²) in [6.45, 7) is 2.57. The van der Waals surface area contributed by atoms with Crippen LogP contribution in [0.25, 0.3) is 10.4 Å². The highest BCUT2D eigenvalue weighted by Gasteiger charge is 2.28. The Morgan fingerprint density at radius 3 is 2.62 bits per heavy atom. The summed E-state index contributed by atoms with van der Waals surface area (Å²) >= 11 is 7.69. The van der Waals surface area contributed by atoms with Crippen LogP contribution in [0.1, 0.15) is 60.6 Å². The van der Waals surface area contributed by atoms with Gasteiger partial charge in [0.15, 0.2) is 0 Å². The number of para-hydroxylation sites is 1. The number of esters is 1. The van der Waals surface area contributed by atoms with Gasteiger partial charge < -0.3 is 15.0 Å². The number of fused-ring (bicyclic) bond motifs is 4. The number of nitrogens with zero attached hydrogens (tertiary/aromatic N) is 2. The number of halogens is 1. The molecule has 0 unspecified atom stereocenters. The molecule has 2 aromatic heterocycles. The number of aromatic nitrogens is 1. The van der Waals surface area contributed by atoms with Gasteiger partial charge in [0.1, 0.15) is 10.0 Å². The third-order valence-corrected chi connectivity index (χ3v) is 8.69. The number of hydrogen-bond acceptors (Lipinski definition) is 6. The van der Waals surface area contributed by atoms with Gasteiger partial charge in [-0.2, -0.15) is 0 Å². The van der Waals surface area contributed by atoms with Crippen molar-refractivity contribution >= 4 is 52.1 Å². The molecule has 0 atom stereocenters. The fourth-order valence-corrected chi connectivity index (χ4v) is 6.65. The van der Waals surface area contributed by atoms with Gasteiger partial charge in [-0.3, -0.25) is 9.59 Å². The van der Waals surface area contributed by atoms with E-state index in [9.17, 15) is 14.4 Å². The molecule has 0 spiro atoms. The first-order valence-corrected chi connectivity index (χ1v) is 14.4. The number of nitrogens with one attached hydrogen (secondary N) is 1. The SMILES string of the molecule is CCOC(=O)c1cc2c(s1)-c1ccccc1N(C(=O)c1ccc(NC(=O)c3cc4c(nc3Cl)CCC4)cc1)CC2. The first-order chi connectivity index (χ1) is 19.4. The average Bonchev–Trinajstić information content (AvgIpc) is 3.57. The normalized spacial score (nSPS) is 13.6. The average molecular weight is 572 g/mol. The van der Waals surface area contributed by atoms with Crippen molar-refractivity contribution in [1.82, 2.24) is 4.98 Å². The van der Waals surface area contributed by atoms with Crippen LogP contribution in [0.15, 0.2) is 60.7 Å². The number of thiophene rings is 1. The third kappa shape index (κ3) is 4.89. The number of rotatable bonds is 5. The summed E-state index contributed by atoms with van der Waals surface area (Å²) in [5, 5.41) is 3.07. The topological polar surface area (TPSA) is 88.6 Å². The van der Waals surface area contributed by atoms with Crippen molar-refractivity contribution in [3.63, 3.8) is 0 Å². The number of aryl methyl sites for hydroxylation is 2. The molecule has 0 fully saturated rings. The van der Waals surface area contributed by atoms with Gasteiger partial charge in [-0.1, -0.05) is 29.8 Å². The van der Waals surface area contributed by atoms with Crippen LogP contribution in [0.4, 0.5) is 11.4 Å². The molecule has 6 rings (SSSR count). The van der Waals surface area contributed by atoms with E-state index in [2.05, 4.69) is 10.3 Å². The Kier molecular flexibility index (Phi) is 7.12. The molecule has 0 saturated heterocycles. The van der Waals surface area contributed by atoms with Crippen molar-refractivity contribution in [2.75, 3.05) is 23.4 Å². The first kappa shape index (κ1) is 26.2. The fourth-order valence-electron chi connectivity index (χ4n) is 5.27. The minimum absolute atomic E-state index is 0.142. The molecule has 1 N–H and O–H groups in total. The maximum atomic E-state index is 13.7. The molecule has 2 aliphatic rings. The lowest BCUT2D eigenvalue weighted by Gasteiger charge is -2.23. The summed E-state index contributed by atoms with van der Waals surface area (Å²) < 4.78 is 5.20. The number of hydrogen-bond donors (Lipinski definition) is 1. The van der Waals surface area contributed by atoms with Gasteiger partial charge in [-0.15, -0.1) is 11.3 Å². The highest BCUT2D eigenvalue weighted by molar-refractivity contribution is 7.17. The molecule has 1 aliphatic heterocycles. The monoisotopic (exact) mass is 571 g/mol. The standard InChI is InChI=1S/C31H26ClN3O4S/c1-2-39-31(38)26-17-20-14-15-35(25-9-4-3-7-22(25)27(20)40-26)30(37)18-10-12-21(13-11-18)33-29(36)23-16-19-6-5-8-24(19)34-28(23)32/h3-4,7,9-13,16-17H,2,5-6,8,14-15H2,1H3,(H,33,36). The molecular formula is C31H26ClN3O4S. The van der Waals surface area contributed by atoms with Crippen LogP contribution in [0, 0.1) is 0 Å². The zero-order valence-corrected chi connectivity index (χ0v) is 23.4. The summed E-state index contributed by atoms with van der Waals surface area (Å²) in [6.07, 6.45) is 3.41. The summed E-state index contributed by atoms with van der Waals surface area (Å²) in [5.74, 6) is -0.800. The van der Waals surface area contributed by atoms with Gasteiger partial charge in [-0.25, -0.2) is 9.78 Å². The maximum Gasteiger partial charge on any atom is 0.348 e. The Hall–Kier alpha value is -4.01. The van der Waals surface area contributed by atoms with Gasteiger partial charge in [0.05, 0.1) is 17.9 Å². The number of carbonyl (C=O) groups excluding carboxylic acids is 3. The molecule has 2 aromatic carbocycles. The van der Waals surface area contributed by atoms with Crippen LogP contribution in [0.5, 0.6) is 0 Å². The van der Waals surface area contributed by atoms with E-state index >= 15 is 0 Å². The second kappa shape index (κ2) is 10.9. The van der Waals surface area contributed by atoms with Crippen molar-refractivity contribution in [3.05, 3.63) is 98.6 Å². The predicted molar refractivity (Wildman–Crippen MR) is 157 cm³/mol. The second-order valence-corrected chi connectivity index (χ2v) is 11.1. The lowest BCUT2D eigenvalue weighted by molar-refractivity contribution is 0.0531. The van der Waals surface area contributed by atoms with E-state index in [1.165, 1.54) is 11.3 Å². The Morgan fingerprint density at radius 1 is 1.02 bits per heavy atom. The molecule has 3 heterocycles. The van der Waals surface area contributed by atoms with Gasteiger partial charge in [0.2, 0.25) is 0 Å². The molecule has 2 amide bonds. The Morgan fingerprint density at radius 2 is 1.82 bits per heavy atom. The van der Waals surface area contributed by atoms with E-state index in [1.54, 1.807) is 36.1 Å². The minimum atomic E-state index is -0.332. The van der Waals surface area contributed by atoms with Crippen LogP contribution >= 0.6 is 22.9 Å². The van der Waals surface area contributed by atoms with Crippen LogP contribution < -0.4 is 10.2 Å². The predicted octanol–water partition coefficient (Wildman–Crippen LogP) is 6.58. The number of benzene rings is 2. The van der Waals surface area contributed by atoms with Crippen LogP contribution in [0.2, 0.25) is 5.15 Å². The Labute approximate surface area is 240 Å². The number of pyridine rings is 1. The van der Waals surface area contributed by atoms with E-state index in [0.717, 1.165) is 52.2 Å². The van der Waals surface area contributed by atoms with E-state index in [4.69, 9.17) is 16.3 Å². The van der Waals surface area contributed by atoms with Gasteiger partial charge in [0, 0.05) is 33.9 Å².